The Kier molecular flexibility index (Phi) is 6.20. The molecule has 0 saturated heterocycles. The first-order chi connectivity index (χ1) is 11.7. The highest BCUT2D eigenvalue weighted by Gasteiger charge is 2.13. The van der Waals surface area contributed by atoms with Crippen molar-refractivity contribution in [1.82, 2.24) is 14.7 Å². The average molecular weight is 327 g/mol. The maximum atomic E-state index is 12.4. The summed E-state index contributed by atoms with van der Waals surface area (Å²) < 4.78 is 7.16. The Morgan fingerprint density at radius 2 is 2.29 bits per heavy atom. The third kappa shape index (κ3) is 4.49. The molecular weight excluding hydrogens is 306 g/mol. The molecule has 0 aliphatic carbocycles. The van der Waals surface area contributed by atoms with Crippen LogP contribution >= 0.6 is 0 Å². The quantitative estimate of drug-likeness (QED) is 0.847. The first kappa shape index (κ1) is 17.3. The third-order valence-electron chi connectivity index (χ3n) is 3.48. The maximum Gasteiger partial charge on any atom is 0.321 e. The number of ether oxygens (including phenoxy) is 1. The van der Waals surface area contributed by atoms with Crippen molar-refractivity contribution in [2.75, 3.05) is 25.0 Å². The predicted molar refractivity (Wildman–Crippen MR) is 90.8 cm³/mol. The fourth-order valence-corrected chi connectivity index (χ4v) is 2.24. The van der Waals surface area contributed by atoms with Gasteiger partial charge in [-0.05, 0) is 38.1 Å². The van der Waals surface area contributed by atoms with Crippen molar-refractivity contribution in [2.24, 2.45) is 0 Å². The van der Waals surface area contributed by atoms with Gasteiger partial charge in [0, 0.05) is 31.2 Å². The van der Waals surface area contributed by atoms with Crippen LogP contribution in [0, 0.1) is 11.3 Å². The zero-order valence-corrected chi connectivity index (χ0v) is 13.9. The van der Waals surface area contributed by atoms with Crippen LogP contribution < -0.4 is 10.1 Å². The lowest BCUT2D eigenvalue weighted by Gasteiger charge is -2.21. The minimum Gasteiger partial charge on any atom is -0.492 e. The second kappa shape index (κ2) is 8.58. The summed E-state index contributed by atoms with van der Waals surface area (Å²) in [6.45, 7) is 6.01. The molecule has 0 bridgehead atoms. The number of nitrogens with zero attached hydrogens (tertiary/aromatic N) is 4. The molecule has 7 nitrogen and oxygen atoms in total. The van der Waals surface area contributed by atoms with Crippen LogP contribution in [0.5, 0.6) is 5.75 Å². The van der Waals surface area contributed by atoms with Crippen LogP contribution in [0.2, 0.25) is 0 Å². The molecule has 0 unspecified atom stereocenters. The van der Waals surface area contributed by atoms with E-state index in [0.29, 0.717) is 43.2 Å². The maximum absolute atomic E-state index is 12.4. The summed E-state index contributed by atoms with van der Waals surface area (Å²) in [4.78, 5) is 14.1. The molecule has 1 heterocycles. The molecule has 0 atom stereocenters. The van der Waals surface area contributed by atoms with E-state index in [1.807, 2.05) is 26.1 Å². The minimum atomic E-state index is -0.210. The molecule has 2 rings (SSSR count). The number of urea groups is 1. The molecule has 24 heavy (non-hydrogen) atoms. The van der Waals surface area contributed by atoms with Crippen LogP contribution in [0.1, 0.15) is 19.4 Å². The number of amides is 2. The van der Waals surface area contributed by atoms with Crippen molar-refractivity contribution in [3.8, 4) is 11.8 Å². The molecule has 2 aromatic rings. The van der Waals surface area contributed by atoms with E-state index < -0.39 is 0 Å². The fraction of sp³-hybridized carbons (Fsp3) is 0.353. The number of rotatable bonds is 7. The second-order valence-corrected chi connectivity index (χ2v) is 5.03. The number of nitriles is 1. The van der Waals surface area contributed by atoms with Gasteiger partial charge in [0.25, 0.3) is 0 Å². The average Bonchev–Trinajstić information content (AvgIpc) is 3.10. The van der Waals surface area contributed by atoms with Gasteiger partial charge in [-0.25, -0.2) is 4.79 Å². The normalized spacial score (nSPS) is 10.0. The van der Waals surface area contributed by atoms with Crippen molar-refractivity contribution < 1.29 is 9.53 Å². The van der Waals surface area contributed by atoms with Gasteiger partial charge >= 0.3 is 6.03 Å². The Balaban J connectivity index is 2.00. The zero-order chi connectivity index (χ0) is 17.4. The van der Waals surface area contributed by atoms with Crippen LogP contribution in [-0.4, -0.2) is 40.4 Å². The van der Waals surface area contributed by atoms with E-state index in [2.05, 4.69) is 16.5 Å². The molecule has 1 N–H and O–H groups in total. The third-order valence-corrected chi connectivity index (χ3v) is 3.48. The number of anilines is 1. The molecule has 0 aliphatic heterocycles. The number of benzene rings is 1. The number of carbonyl (C=O) groups is 1. The van der Waals surface area contributed by atoms with Crippen molar-refractivity contribution in [3.63, 3.8) is 0 Å². The van der Waals surface area contributed by atoms with Gasteiger partial charge < -0.3 is 15.0 Å². The summed E-state index contributed by atoms with van der Waals surface area (Å²) in [5.41, 5.74) is 0.965. The second-order valence-electron chi connectivity index (χ2n) is 5.03. The number of hydrogen-bond acceptors (Lipinski definition) is 4. The molecule has 126 valence electrons. The van der Waals surface area contributed by atoms with E-state index in [4.69, 9.17) is 4.74 Å². The van der Waals surface area contributed by atoms with Crippen molar-refractivity contribution >= 4 is 11.7 Å². The topological polar surface area (TPSA) is 83.2 Å². The van der Waals surface area contributed by atoms with Crippen LogP contribution in [0.25, 0.3) is 0 Å². The number of nitrogens with one attached hydrogen (secondary N) is 1. The monoisotopic (exact) mass is 327 g/mol. The SMILES string of the molecule is CCOc1ccc(NC(=O)N(CC)CCn2cccn2)cc1C#N. The van der Waals surface area contributed by atoms with Gasteiger partial charge in [-0.15, -0.1) is 0 Å². The van der Waals surface area contributed by atoms with Gasteiger partial charge in [0.05, 0.1) is 18.7 Å². The van der Waals surface area contributed by atoms with Gasteiger partial charge in [-0.1, -0.05) is 0 Å². The van der Waals surface area contributed by atoms with E-state index in [0.717, 1.165) is 0 Å². The summed E-state index contributed by atoms with van der Waals surface area (Å²) in [7, 11) is 0. The first-order valence-corrected chi connectivity index (χ1v) is 7.88. The van der Waals surface area contributed by atoms with Crippen molar-refractivity contribution in [2.45, 2.75) is 20.4 Å². The molecule has 1 aromatic carbocycles. The van der Waals surface area contributed by atoms with Crippen LogP contribution in [0.4, 0.5) is 10.5 Å². The fourth-order valence-electron chi connectivity index (χ4n) is 2.24. The summed E-state index contributed by atoms with van der Waals surface area (Å²) in [6, 6.07) is 8.75. The van der Waals surface area contributed by atoms with Crippen molar-refractivity contribution in [3.05, 3.63) is 42.2 Å². The van der Waals surface area contributed by atoms with E-state index in [9.17, 15) is 10.1 Å². The first-order valence-electron chi connectivity index (χ1n) is 7.88. The molecular formula is C17H21N5O2. The summed E-state index contributed by atoms with van der Waals surface area (Å²) >= 11 is 0. The number of hydrogen-bond donors (Lipinski definition) is 1. The highest BCUT2D eigenvalue weighted by atomic mass is 16.5. The molecule has 0 aliphatic rings. The summed E-state index contributed by atoms with van der Waals surface area (Å²) in [5.74, 6) is 0.518. The van der Waals surface area contributed by atoms with Gasteiger partial charge in [0.2, 0.25) is 0 Å². The van der Waals surface area contributed by atoms with E-state index in [1.165, 1.54) is 0 Å². The molecule has 2 amide bonds. The summed E-state index contributed by atoms with van der Waals surface area (Å²) in [6.07, 6.45) is 3.57. The van der Waals surface area contributed by atoms with E-state index in [1.54, 1.807) is 34.0 Å². The lowest BCUT2D eigenvalue weighted by atomic mass is 10.2. The molecule has 1 aromatic heterocycles. The van der Waals surface area contributed by atoms with Gasteiger partial charge in [-0.2, -0.15) is 10.4 Å². The standard InChI is InChI=1S/C17H21N5O2/c1-3-21(10-11-22-9-5-8-19-22)17(23)20-15-6-7-16(24-4-2)14(12-15)13-18/h5-9,12H,3-4,10-11H2,1-2H3,(H,20,23). The highest BCUT2D eigenvalue weighted by molar-refractivity contribution is 5.89. The molecule has 0 radical (unpaired) electrons. The Morgan fingerprint density at radius 1 is 1.46 bits per heavy atom. The lowest BCUT2D eigenvalue weighted by Crippen LogP contribution is -2.37. The van der Waals surface area contributed by atoms with Crippen molar-refractivity contribution in [1.29, 1.82) is 5.26 Å². The zero-order valence-electron chi connectivity index (χ0n) is 13.9. The Morgan fingerprint density at radius 3 is 2.92 bits per heavy atom. The lowest BCUT2D eigenvalue weighted by molar-refractivity contribution is 0.211. The molecule has 0 saturated carbocycles. The van der Waals surface area contributed by atoms with Gasteiger partial charge in [-0.3, -0.25) is 4.68 Å². The molecule has 0 spiro atoms. The van der Waals surface area contributed by atoms with E-state index in [-0.39, 0.29) is 6.03 Å². The number of likely N-dealkylation sites (N-methyl/N-ethyl adjacent to an activating group) is 1. The number of aromatic nitrogens is 2. The Bertz CT molecular complexity index is 706. The predicted octanol–water partition coefficient (Wildman–Crippen LogP) is 2.71. The van der Waals surface area contributed by atoms with Gasteiger partial charge in [0.15, 0.2) is 0 Å². The molecule has 7 heteroatoms. The minimum absolute atomic E-state index is 0.210. The Labute approximate surface area is 141 Å². The molecule has 0 fully saturated rings. The number of carbonyl (C=O) groups excluding carboxylic acids is 1. The summed E-state index contributed by atoms with van der Waals surface area (Å²) in [5, 5.41) is 16.1. The smallest absolute Gasteiger partial charge is 0.321 e. The largest absolute Gasteiger partial charge is 0.492 e. The van der Waals surface area contributed by atoms with Crippen LogP contribution in [0.3, 0.4) is 0 Å². The highest BCUT2D eigenvalue weighted by Crippen LogP contribution is 2.22. The van der Waals surface area contributed by atoms with E-state index >= 15 is 0 Å². The van der Waals surface area contributed by atoms with Crippen LogP contribution in [0.15, 0.2) is 36.7 Å². The van der Waals surface area contributed by atoms with Crippen LogP contribution in [-0.2, 0) is 6.54 Å². The van der Waals surface area contributed by atoms with Gasteiger partial charge in [0.1, 0.15) is 11.8 Å². The Hall–Kier alpha value is -3.01.